The predicted molar refractivity (Wildman–Crippen MR) is 290 cm³/mol. The van der Waals surface area contributed by atoms with Gasteiger partial charge in [0.05, 0.1) is 5.69 Å². The van der Waals surface area contributed by atoms with Crippen LogP contribution in [0.3, 0.4) is 0 Å². The Balaban J connectivity index is 0.967. The molecule has 0 N–H and O–H groups in total. The highest BCUT2D eigenvalue weighted by atomic mass is 16.5. The van der Waals surface area contributed by atoms with E-state index in [2.05, 4.69) is 248 Å². The number of furan rings is 2. The van der Waals surface area contributed by atoms with Crippen LogP contribution in [-0.4, -0.2) is 6.71 Å². The summed E-state index contributed by atoms with van der Waals surface area (Å²) >= 11 is 0. The van der Waals surface area contributed by atoms with E-state index in [1.54, 1.807) is 0 Å². The average molecular weight is 902 g/mol. The number of rotatable bonds is 7. The molecule has 12 aromatic rings. The lowest BCUT2D eigenvalue weighted by Crippen LogP contribution is -2.59. The van der Waals surface area contributed by atoms with Crippen molar-refractivity contribution in [1.82, 2.24) is 0 Å². The van der Waals surface area contributed by atoms with Gasteiger partial charge in [-0.25, -0.2) is 0 Å². The fraction of sp³-hybridized carbons (Fsp3) is 0.0476. The first-order valence-corrected chi connectivity index (χ1v) is 23.9. The molecule has 0 saturated carbocycles. The lowest BCUT2D eigenvalue weighted by molar-refractivity contribution is 0.488. The molecule has 70 heavy (non-hydrogen) atoms. The minimum Gasteiger partial charge on any atom is -0.458 e. The molecule has 2 aliphatic heterocycles. The van der Waals surface area contributed by atoms with E-state index >= 15 is 0 Å². The second-order valence-electron chi connectivity index (χ2n) is 18.7. The number of fused-ring (bicyclic) bond motifs is 10. The molecule has 0 aliphatic carbocycles. The van der Waals surface area contributed by atoms with Gasteiger partial charge in [-0.2, -0.15) is 0 Å². The molecule has 4 heterocycles. The first-order chi connectivity index (χ1) is 34.4. The molecule has 14 rings (SSSR count). The predicted octanol–water partition coefficient (Wildman–Crippen LogP) is 15.8. The number of benzene rings is 10. The van der Waals surface area contributed by atoms with Crippen LogP contribution in [-0.2, 0) is 0 Å². The van der Waals surface area contributed by atoms with E-state index in [1.165, 1.54) is 22.4 Å². The molecule has 332 valence electrons. The quantitative estimate of drug-likeness (QED) is 0.149. The zero-order chi connectivity index (χ0) is 46.6. The first kappa shape index (κ1) is 40.2. The number of hydrogen-bond donors (Lipinski definition) is 0. The molecular weight excluding hydrogens is 858 g/mol. The second-order valence-corrected chi connectivity index (χ2v) is 18.7. The van der Waals surface area contributed by atoms with Gasteiger partial charge >= 0.3 is 0 Å². The molecule has 0 amide bonds. The van der Waals surface area contributed by atoms with Crippen molar-refractivity contribution in [2.24, 2.45) is 0 Å². The number of anilines is 9. The molecular formula is C63H44BN3O3. The number of aryl methyl sites for hydroxylation is 3. The minimum absolute atomic E-state index is 0.174. The number of ether oxygens (including phenoxy) is 1. The molecule has 2 aliphatic rings. The lowest BCUT2D eigenvalue weighted by atomic mass is 9.34. The summed E-state index contributed by atoms with van der Waals surface area (Å²) in [5.41, 5.74) is 20.0. The Hall–Kier alpha value is -8.94. The topological polar surface area (TPSA) is 45.2 Å². The van der Waals surface area contributed by atoms with Crippen LogP contribution in [0.2, 0.25) is 0 Å². The summed E-state index contributed by atoms with van der Waals surface area (Å²) in [6, 6.07) is 75.2. The zero-order valence-corrected chi connectivity index (χ0v) is 38.9. The maximum atomic E-state index is 7.05. The van der Waals surface area contributed by atoms with E-state index in [0.717, 1.165) is 117 Å². The molecule has 0 bridgehead atoms. The third-order valence-corrected chi connectivity index (χ3v) is 14.3. The summed E-state index contributed by atoms with van der Waals surface area (Å²) in [6.07, 6.45) is 0. The largest absolute Gasteiger partial charge is 0.458 e. The van der Waals surface area contributed by atoms with Gasteiger partial charge in [0.25, 0.3) is 6.71 Å². The maximum absolute atomic E-state index is 7.05. The van der Waals surface area contributed by atoms with Crippen LogP contribution in [0.25, 0.3) is 43.9 Å². The Kier molecular flexibility index (Phi) is 8.92. The highest BCUT2D eigenvalue weighted by molar-refractivity contribution is 6.99. The van der Waals surface area contributed by atoms with Crippen molar-refractivity contribution in [3.63, 3.8) is 0 Å². The van der Waals surface area contributed by atoms with Crippen molar-refractivity contribution in [2.45, 2.75) is 20.8 Å². The van der Waals surface area contributed by atoms with E-state index < -0.39 is 0 Å². The Labute approximate surface area is 405 Å². The summed E-state index contributed by atoms with van der Waals surface area (Å²) in [5.74, 6) is 1.67. The van der Waals surface area contributed by atoms with E-state index in [4.69, 9.17) is 13.6 Å². The van der Waals surface area contributed by atoms with Crippen molar-refractivity contribution in [3.8, 4) is 11.5 Å². The maximum Gasteiger partial charge on any atom is 0.256 e. The molecule has 0 saturated heterocycles. The summed E-state index contributed by atoms with van der Waals surface area (Å²) < 4.78 is 21.0. The van der Waals surface area contributed by atoms with Crippen LogP contribution in [0, 0.1) is 20.8 Å². The van der Waals surface area contributed by atoms with Gasteiger partial charge in [0.1, 0.15) is 33.8 Å². The van der Waals surface area contributed by atoms with Gasteiger partial charge in [-0.15, -0.1) is 0 Å². The van der Waals surface area contributed by atoms with Gasteiger partial charge in [0.2, 0.25) is 0 Å². The number of nitrogens with zero attached hydrogens (tertiary/aromatic N) is 3. The highest BCUT2D eigenvalue weighted by Gasteiger charge is 2.43. The van der Waals surface area contributed by atoms with Crippen LogP contribution < -0.4 is 35.8 Å². The summed E-state index contributed by atoms with van der Waals surface area (Å²) in [6.45, 7) is 6.45. The van der Waals surface area contributed by atoms with Gasteiger partial charge in [-0.3, -0.25) is 0 Å². The third kappa shape index (κ3) is 6.21. The SMILES string of the molecule is Cc1cc(C)c(N2c3cc4c(cc3B3c5cc6oc7cc(N(c8ccccc8)c8ccccc8)ccc7c6cc5Oc5cccc2c53)oc2cc(N(c3ccccc3)c3ccccc3)ccc24)c(C)c1. The van der Waals surface area contributed by atoms with Crippen LogP contribution in [0.5, 0.6) is 11.5 Å². The van der Waals surface area contributed by atoms with Crippen LogP contribution in [0.4, 0.5) is 51.2 Å². The Morgan fingerprint density at radius 1 is 0.371 bits per heavy atom. The number of para-hydroxylation sites is 4. The van der Waals surface area contributed by atoms with Gasteiger partial charge < -0.3 is 28.3 Å². The molecule has 2 aromatic heterocycles. The molecule has 0 atom stereocenters. The monoisotopic (exact) mass is 901 g/mol. The Bertz CT molecular complexity index is 3940. The fourth-order valence-electron chi connectivity index (χ4n) is 11.4. The van der Waals surface area contributed by atoms with Crippen LogP contribution in [0.15, 0.2) is 221 Å². The molecule has 0 spiro atoms. The summed E-state index contributed by atoms with van der Waals surface area (Å²) in [5, 5.41) is 4.17. The number of hydrogen-bond acceptors (Lipinski definition) is 6. The van der Waals surface area contributed by atoms with Crippen molar-refractivity contribution in [2.75, 3.05) is 14.7 Å². The molecule has 0 unspecified atom stereocenters. The minimum atomic E-state index is -0.174. The van der Waals surface area contributed by atoms with Crippen molar-refractivity contribution < 1.29 is 13.6 Å². The smallest absolute Gasteiger partial charge is 0.256 e. The molecule has 0 fully saturated rings. The Morgan fingerprint density at radius 2 is 0.843 bits per heavy atom. The van der Waals surface area contributed by atoms with Crippen molar-refractivity contribution >= 4 is 118 Å². The van der Waals surface area contributed by atoms with Crippen LogP contribution in [0.1, 0.15) is 16.7 Å². The standard InChI is InChI=1S/C63H44BN3O3/c1-39-31-40(2)63(41(3)32-39)67-54-25-16-26-56-62(54)64(52-37-59-50(35-55(52)67)48-29-27-46(33-57(48)69-59)65(42-17-8-4-9-18-42)43-19-10-5-11-20-43)53-38-60-51(36-61(53)68-56)49-30-28-47(34-58(49)70-60)66(44-21-12-6-13-22-44)45-23-14-7-15-24-45/h4-38H,1-3H3. The molecule has 10 aromatic carbocycles. The van der Waals surface area contributed by atoms with Crippen molar-refractivity contribution in [3.05, 3.63) is 229 Å². The van der Waals surface area contributed by atoms with Gasteiger partial charge in [-0.1, -0.05) is 96.6 Å². The Morgan fingerprint density at radius 3 is 1.36 bits per heavy atom. The van der Waals surface area contributed by atoms with Crippen LogP contribution >= 0.6 is 0 Å². The second kappa shape index (κ2) is 15.6. The molecule has 0 radical (unpaired) electrons. The lowest BCUT2D eigenvalue weighted by Gasteiger charge is -2.41. The average Bonchev–Trinajstić information content (AvgIpc) is 3.93. The van der Waals surface area contributed by atoms with E-state index in [9.17, 15) is 0 Å². The summed E-state index contributed by atoms with van der Waals surface area (Å²) in [4.78, 5) is 7.01. The van der Waals surface area contributed by atoms with Crippen molar-refractivity contribution in [1.29, 1.82) is 0 Å². The molecule has 6 nitrogen and oxygen atoms in total. The first-order valence-electron chi connectivity index (χ1n) is 23.9. The van der Waals surface area contributed by atoms with E-state index in [-0.39, 0.29) is 6.71 Å². The summed E-state index contributed by atoms with van der Waals surface area (Å²) in [7, 11) is 0. The van der Waals surface area contributed by atoms with Gasteiger partial charge in [0, 0.05) is 79.2 Å². The normalized spacial score (nSPS) is 12.6. The van der Waals surface area contributed by atoms with E-state index in [1.807, 2.05) is 0 Å². The van der Waals surface area contributed by atoms with Gasteiger partial charge in [-0.05, 0) is 157 Å². The molecule has 7 heteroatoms. The fourth-order valence-corrected chi connectivity index (χ4v) is 11.4. The highest BCUT2D eigenvalue weighted by Crippen LogP contribution is 2.47. The van der Waals surface area contributed by atoms with Gasteiger partial charge in [0.15, 0.2) is 0 Å². The zero-order valence-electron chi connectivity index (χ0n) is 38.9. The third-order valence-electron chi connectivity index (χ3n) is 14.3. The van der Waals surface area contributed by atoms with E-state index in [0.29, 0.717) is 0 Å².